The molecule has 4 rings (SSSR count). The molecular weight excluding hydrogens is 621 g/mol. The first-order chi connectivity index (χ1) is 20.7. The lowest BCUT2D eigenvalue weighted by molar-refractivity contribution is -0.274. The van der Waals surface area contributed by atoms with E-state index in [4.69, 9.17) is 0 Å². The number of nitrogens with zero attached hydrogens (tertiary/aromatic N) is 4. The maximum absolute atomic E-state index is 13.9. The number of halogens is 3. The standard InChI is InChI=1S/C29H33F3N4O6S2/c1-4-6-19-7-9-20(10-8-19)17-34(3)26(37)24-18-35(28-33-23(5-2)25(43-28)27(38)39)15-16-36(24)44(40,41)22-13-11-21(12-14-22)42-29(30,31)32/h7-14,24H,4-6,15-18H2,1-3H3,(H,38,39). The van der Waals surface area contributed by atoms with Gasteiger partial charge in [0.1, 0.15) is 16.7 Å². The molecule has 15 heteroatoms. The fraction of sp³-hybridized carbons (Fsp3) is 0.414. The number of ether oxygens (including phenoxy) is 1. The van der Waals surface area contributed by atoms with E-state index in [-0.39, 0.29) is 36.0 Å². The van der Waals surface area contributed by atoms with Gasteiger partial charge in [-0.25, -0.2) is 18.2 Å². The minimum absolute atomic E-state index is 0.0743. The van der Waals surface area contributed by atoms with Gasteiger partial charge in [-0.1, -0.05) is 55.9 Å². The van der Waals surface area contributed by atoms with Crippen LogP contribution in [-0.2, 0) is 34.2 Å². The number of hydrogen-bond acceptors (Lipinski definition) is 8. The first-order valence-electron chi connectivity index (χ1n) is 13.9. The number of aryl methyl sites for hydroxylation is 2. The van der Waals surface area contributed by atoms with Crippen LogP contribution >= 0.6 is 11.3 Å². The Kier molecular flexibility index (Phi) is 10.2. The molecule has 1 aliphatic heterocycles. The van der Waals surface area contributed by atoms with E-state index in [1.807, 2.05) is 24.3 Å². The molecule has 0 bridgehead atoms. The van der Waals surface area contributed by atoms with Crippen molar-refractivity contribution in [3.05, 3.63) is 70.2 Å². The summed E-state index contributed by atoms with van der Waals surface area (Å²) in [4.78, 5) is 33.0. The predicted octanol–water partition coefficient (Wildman–Crippen LogP) is 4.79. The van der Waals surface area contributed by atoms with E-state index in [0.29, 0.717) is 17.2 Å². The second-order valence-corrected chi connectivity index (χ2v) is 13.2. The summed E-state index contributed by atoms with van der Waals surface area (Å²) in [6, 6.07) is 10.4. The van der Waals surface area contributed by atoms with Crippen molar-refractivity contribution in [1.82, 2.24) is 14.2 Å². The number of carboxylic acids is 1. The fourth-order valence-corrected chi connectivity index (χ4v) is 7.56. The number of sulfonamides is 1. The van der Waals surface area contributed by atoms with Crippen LogP contribution in [0.2, 0.25) is 0 Å². The number of carbonyl (C=O) groups is 2. The number of aromatic carboxylic acids is 1. The lowest BCUT2D eigenvalue weighted by atomic mass is 10.1. The summed E-state index contributed by atoms with van der Waals surface area (Å²) in [5.41, 5.74) is 2.40. The maximum atomic E-state index is 13.9. The van der Waals surface area contributed by atoms with Gasteiger partial charge in [-0.05, 0) is 48.2 Å². The predicted molar refractivity (Wildman–Crippen MR) is 158 cm³/mol. The topological polar surface area (TPSA) is 120 Å². The Morgan fingerprint density at radius 3 is 2.25 bits per heavy atom. The summed E-state index contributed by atoms with van der Waals surface area (Å²) in [7, 11) is -2.78. The molecule has 1 N–H and O–H groups in total. The first-order valence-corrected chi connectivity index (χ1v) is 16.2. The third kappa shape index (κ3) is 7.68. The number of likely N-dealkylation sites (N-methyl/N-ethyl adjacent to an activating group) is 1. The molecule has 2 aromatic carbocycles. The molecule has 2 heterocycles. The van der Waals surface area contributed by atoms with Gasteiger partial charge in [-0.15, -0.1) is 13.2 Å². The third-order valence-corrected chi connectivity index (χ3v) is 10.2. The molecule has 1 atom stereocenters. The molecule has 3 aromatic rings. The van der Waals surface area contributed by atoms with E-state index in [2.05, 4.69) is 16.6 Å². The molecule has 1 aliphatic rings. The second-order valence-electron chi connectivity index (χ2n) is 10.3. The molecule has 0 saturated carbocycles. The third-order valence-electron chi connectivity index (χ3n) is 7.12. The summed E-state index contributed by atoms with van der Waals surface area (Å²) in [6.07, 6.45) is -2.65. The number of hydrogen-bond donors (Lipinski definition) is 1. The van der Waals surface area contributed by atoms with Crippen molar-refractivity contribution in [2.24, 2.45) is 0 Å². The van der Waals surface area contributed by atoms with Gasteiger partial charge in [-0.3, -0.25) is 4.79 Å². The van der Waals surface area contributed by atoms with Gasteiger partial charge in [0.05, 0.1) is 10.6 Å². The average molecular weight is 655 g/mol. The van der Waals surface area contributed by atoms with Crippen molar-refractivity contribution in [2.45, 2.75) is 57.0 Å². The van der Waals surface area contributed by atoms with E-state index >= 15 is 0 Å². The Morgan fingerprint density at radius 2 is 1.70 bits per heavy atom. The molecule has 1 aromatic heterocycles. The second kappa shape index (κ2) is 13.5. The van der Waals surface area contributed by atoms with Crippen molar-refractivity contribution in [3.8, 4) is 5.75 Å². The number of amides is 1. The van der Waals surface area contributed by atoms with Crippen molar-refractivity contribution >= 4 is 38.4 Å². The van der Waals surface area contributed by atoms with Crippen molar-refractivity contribution < 1.29 is 41.0 Å². The summed E-state index contributed by atoms with van der Waals surface area (Å²) in [5, 5.41) is 9.96. The van der Waals surface area contributed by atoms with Gasteiger partial charge >= 0.3 is 12.3 Å². The van der Waals surface area contributed by atoms with Crippen LogP contribution in [0.25, 0.3) is 0 Å². The Balaban J connectivity index is 1.64. The molecule has 1 unspecified atom stereocenters. The van der Waals surface area contributed by atoms with Gasteiger partial charge in [-0.2, -0.15) is 4.31 Å². The van der Waals surface area contributed by atoms with Crippen molar-refractivity contribution in [3.63, 3.8) is 0 Å². The Hall–Kier alpha value is -3.69. The van der Waals surface area contributed by atoms with E-state index in [1.54, 1.807) is 18.9 Å². The SMILES string of the molecule is CCCc1ccc(CN(C)C(=O)C2CN(c3nc(CC)c(C(=O)O)s3)CCN2S(=O)(=O)c2ccc(OC(F)(F)F)cc2)cc1. The zero-order valence-electron chi connectivity index (χ0n) is 24.4. The minimum Gasteiger partial charge on any atom is -0.477 e. The number of thiazole rings is 1. The fourth-order valence-electron chi connectivity index (χ4n) is 4.96. The number of alkyl halides is 3. The minimum atomic E-state index is -4.94. The molecule has 1 fully saturated rings. The number of piperazine rings is 1. The van der Waals surface area contributed by atoms with Crippen LogP contribution in [0.4, 0.5) is 18.3 Å². The van der Waals surface area contributed by atoms with Crippen LogP contribution in [0.3, 0.4) is 0 Å². The smallest absolute Gasteiger partial charge is 0.477 e. The van der Waals surface area contributed by atoms with E-state index in [1.165, 1.54) is 4.90 Å². The van der Waals surface area contributed by atoms with E-state index < -0.39 is 40.1 Å². The summed E-state index contributed by atoms with van der Waals surface area (Å²) in [6.45, 7) is 3.91. The summed E-state index contributed by atoms with van der Waals surface area (Å²) < 4.78 is 70.4. The van der Waals surface area contributed by atoms with Crippen LogP contribution < -0.4 is 9.64 Å². The van der Waals surface area contributed by atoms with Crippen LogP contribution in [0.15, 0.2) is 53.4 Å². The average Bonchev–Trinajstić information content (AvgIpc) is 3.42. The van der Waals surface area contributed by atoms with Crippen LogP contribution in [0.1, 0.15) is 46.8 Å². The van der Waals surface area contributed by atoms with Gasteiger partial charge in [0.25, 0.3) is 0 Å². The molecule has 0 radical (unpaired) electrons. The van der Waals surface area contributed by atoms with Gasteiger partial charge in [0, 0.05) is 33.2 Å². The van der Waals surface area contributed by atoms with Crippen molar-refractivity contribution in [2.75, 3.05) is 31.6 Å². The normalized spacial score (nSPS) is 16.1. The molecule has 10 nitrogen and oxygen atoms in total. The Morgan fingerprint density at radius 1 is 1.07 bits per heavy atom. The number of carbonyl (C=O) groups excluding carboxylic acids is 1. The Labute approximate surface area is 257 Å². The van der Waals surface area contributed by atoms with Crippen LogP contribution in [0, 0.1) is 0 Å². The molecule has 1 saturated heterocycles. The molecule has 0 aliphatic carbocycles. The molecule has 1 amide bonds. The zero-order valence-corrected chi connectivity index (χ0v) is 26.0. The van der Waals surface area contributed by atoms with Gasteiger partial charge < -0.3 is 19.6 Å². The highest BCUT2D eigenvalue weighted by molar-refractivity contribution is 7.89. The number of carboxylic acid groups (broad SMARTS) is 1. The largest absolute Gasteiger partial charge is 0.573 e. The molecular formula is C29H33F3N4O6S2. The van der Waals surface area contributed by atoms with E-state index in [0.717, 1.165) is 63.9 Å². The maximum Gasteiger partial charge on any atom is 0.573 e. The van der Waals surface area contributed by atoms with Crippen LogP contribution in [-0.4, -0.2) is 78.7 Å². The van der Waals surface area contributed by atoms with Gasteiger partial charge in [0.15, 0.2) is 5.13 Å². The highest BCUT2D eigenvalue weighted by atomic mass is 32.2. The number of rotatable bonds is 11. The monoisotopic (exact) mass is 654 g/mol. The lowest BCUT2D eigenvalue weighted by Gasteiger charge is -2.40. The van der Waals surface area contributed by atoms with Crippen LogP contribution in [0.5, 0.6) is 5.75 Å². The summed E-state index contributed by atoms with van der Waals surface area (Å²) >= 11 is 0.956. The zero-order chi connectivity index (χ0) is 32.2. The highest BCUT2D eigenvalue weighted by Crippen LogP contribution is 2.32. The van der Waals surface area contributed by atoms with Crippen molar-refractivity contribution in [1.29, 1.82) is 0 Å². The Bertz CT molecular complexity index is 1580. The number of aromatic nitrogens is 1. The quantitative estimate of drug-likeness (QED) is 0.314. The first kappa shape index (κ1) is 33.2. The highest BCUT2D eigenvalue weighted by Gasteiger charge is 2.42. The molecule has 238 valence electrons. The lowest BCUT2D eigenvalue weighted by Crippen LogP contribution is -2.60. The summed E-state index contributed by atoms with van der Waals surface area (Å²) in [5.74, 6) is -2.20. The number of anilines is 1. The molecule has 0 spiro atoms. The molecule has 44 heavy (non-hydrogen) atoms. The number of benzene rings is 2. The van der Waals surface area contributed by atoms with E-state index in [9.17, 15) is 36.3 Å². The van der Waals surface area contributed by atoms with Gasteiger partial charge in [0.2, 0.25) is 15.9 Å².